The Kier molecular flexibility index (Phi) is 3.67. The van der Waals surface area contributed by atoms with Gasteiger partial charge in [-0.2, -0.15) is 0 Å². The van der Waals surface area contributed by atoms with E-state index in [2.05, 4.69) is 0 Å². The van der Waals surface area contributed by atoms with Crippen LogP contribution in [0.2, 0.25) is 0 Å². The van der Waals surface area contributed by atoms with Crippen LogP contribution >= 0.6 is 0 Å². The summed E-state index contributed by atoms with van der Waals surface area (Å²) in [6, 6.07) is 16.2. The van der Waals surface area contributed by atoms with Gasteiger partial charge in [-0.05, 0) is 23.3 Å². The fourth-order valence-electron chi connectivity index (χ4n) is 1.82. The molecule has 0 aliphatic rings. The summed E-state index contributed by atoms with van der Waals surface area (Å²) in [6.45, 7) is 0. The van der Waals surface area contributed by atoms with Gasteiger partial charge in [-0.15, -0.1) is 0 Å². The molecule has 0 bridgehead atoms. The van der Waals surface area contributed by atoms with Crippen molar-refractivity contribution in [3.05, 3.63) is 65.7 Å². The molecule has 2 aromatic rings. The number of hydrogen-bond acceptors (Lipinski definition) is 3. The Balaban J connectivity index is 2.13. The minimum Gasteiger partial charge on any atom is -0.399 e. The van der Waals surface area contributed by atoms with Gasteiger partial charge in [-0.1, -0.05) is 42.5 Å². The molecule has 0 saturated heterocycles. The molecule has 3 nitrogen and oxygen atoms in total. The third-order valence-corrected chi connectivity index (χ3v) is 4.11. The molecule has 2 N–H and O–H groups in total. The molecule has 0 spiro atoms. The van der Waals surface area contributed by atoms with Gasteiger partial charge in [0.2, 0.25) is 0 Å². The van der Waals surface area contributed by atoms with Gasteiger partial charge in [0.25, 0.3) is 0 Å². The maximum absolute atomic E-state index is 12.0. The van der Waals surface area contributed by atoms with E-state index >= 15 is 0 Å². The van der Waals surface area contributed by atoms with Crippen molar-refractivity contribution in [1.29, 1.82) is 0 Å². The smallest absolute Gasteiger partial charge is 0.158 e. The van der Waals surface area contributed by atoms with E-state index in [1.807, 2.05) is 30.3 Å². The zero-order valence-corrected chi connectivity index (χ0v) is 10.7. The Hall–Kier alpha value is -1.81. The molecule has 0 saturated carbocycles. The lowest BCUT2D eigenvalue weighted by molar-refractivity contribution is 0.594. The minimum atomic E-state index is -3.16. The first-order valence-corrected chi connectivity index (χ1v) is 7.46. The van der Waals surface area contributed by atoms with Crippen LogP contribution in [0.3, 0.4) is 0 Å². The zero-order chi connectivity index (χ0) is 13.0. The van der Waals surface area contributed by atoms with Crippen LogP contribution in [0.25, 0.3) is 0 Å². The van der Waals surface area contributed by atoms with Crippen LogP contribution in [0.4, 0.5) is 5.69 Å². The molecule has 0 radical (unpaired) electrons. The van der Waals surface area contributed by atoms with E-state index in [1.165, 1.54) is 0 Å². The van der Waals surface area contributed by atoms with E-state index in [4.69, 9.17) is 5.73 Å². The molecule has 0 aromatic heterocycles. The van der Waals surface area contributed by atoms with Crippen LogP contribution in [0.1, 0.15) is 11.1 Å². The summed E-state index contributed by atoms with van der Waals surface area (Å²) in [5.74, 6) is 0.0789. The van der Waals surface area contributed by atoms with Gasteiger partial charge in [0, 0.05) is 5.69 Å². The van der Waals surface area contributed by atoms with Crippen molar-refractivity contribution in [2.45, 2.75) is 11.5 Å². The first-order chi connectivity index (χ1) is 8.55. The van der Waals surface area contributed by atoms with Crippen LogP contribution < -0.4 is 5.73 Å². The monoisotopic (exact) mass is 261 g/mol. The largest absolute Gasteiger partial charge is 0.399 e. The van der Waals surface area contributed by atoms with Crippen LogP contribution in [0.5, 0.6) is 0 Å². The maximum Gasteiger partial charge on any atom is 0.158 e. The van der Waals surface area contributed by atoms with E-state index in [0.717, 1.165) is 11.1 Å². The van der Waals surface area contributed by atoms with Gasteiger partial charge in [0.1, 0.15) is 0 Å². The van der Waals surface area contributed by atoms with Crippen molar-refractivity contribution in [2.24, 2.45) is 0 Å². The summed E-state index contributed by atoms with van der Waals surface area (Å²) in [6.07, 6.45) is 0. The fraction of sp³-hybridized carbons (Fsp3) is 0.143. The molecule has 0 aliphatic carbocycles. The van der Waals surface area contributed by atoms with Crippen LogP contribution in [-0.2, 0) is 21.3 Å². The number of sulfone groups is 1. The third-order valence-electron chi connectivity index (χ3n) is 2.57. The molecule has 0 fully saturated rings. The minimum absolute atomic E-state index is 0.0208. The summed E-state index contributed by atoms with van der Waals surface area (Å²) >= 11 is 0. The molecule has 18 heavy (non-hydrogen) atoms. The van der Waals surface area contributed by atoms with Crippen LogP contribution in [-0.4, -0.2) is 8.42 Å². The lowest BCUT2D eigenvalue weighted by Gasteiger charge is -2.05. The third kappa shape index (κ3) is 3.60. The molecule has 94 valence electrons. The number of benzene rings is 2. The SMILES string of the molecule is Nc1cccc(CS(=O)(=O)Cc2ccccc2)c1. The molecule has 2 rings (SSSR count). The highest BCUT2D eigenvalue weighted by molar-refractivity contribution is 7.89. The van der Waals surface area contributed by atoms with Crippen LogP contribution in [0, 0.1) is 0 Å². The number of nitrogens with two attached hydrogens (primary N) is 1. The second kappa shape index (κ2) is 5.23. The zero-order valence-electron chi connectivity index (χ0n) is 9.91. The van der Waals surface area contributed by atoms with Gasteiger partial charge in [0.05, 0.1) is 11.5 Å². The average Bonchev–Trinajstić information content (AvgIpc) is 2.28. The quantitative estimate of drug-likeness (QED) is 0.860. The lowest BCUT2D eigenvalue weighted by Crippen LogP contribution is -2.07. The van der Waals surface area contributed by atoms with Crippen molar-refractivity contribution in [1.82, 2.24) is 0 Å². The van der Waals surface area contributed by atoms with Gasteiger partial charge >= 0.3 is 0 Å². The molecule has 0 heterocycles. The number of hydrogen-bond donors (Lipinski definition) is 1. The Bertz CT molecular complexity index is 621. The molecule has 0 aliphatic heterocycles. The number of rotatable bonds is 4. The van der Waals surface area contributed by atoms with Gasteiger partial charge < -0.3 is 5.73 Å². The first-order valence-electron chi connectivity index (χ1n) is 5.64. The van der Waals surface area contributed by atoms with Crippen molar-refractivity contribution in [3.8, 4) is 0 Å². The second-order valence-electron chi connectivity index (χ2n) is 4.26. The standard InChI is InChI=1S/C14H15NO2S/c15-14-8-4-7-13(9-14)11-18(16,17)10-12-5-2-1-3-6-12/h1-9H,10-11,15H2. The average molecular weight is 261 g/mol. The van der Waals surface area contributed by atoms with Crippen molar-refractivity contribution < 1.29 is 8.42 Å². The van der Waals surface area contributed by atoms with Gasteiger partial charge in [-0.3, -0.25) is 0 Å². The molecule has 0 unspecified atom stereocenters. The topological polar surface area (TPSA) is 60.2 Å². The fourth-order valence-corrected chi connectivity index (χ4v) is 3.31. The molecule has 2 aromatic carbocycles. The normalized spacial score (nSPS) is 11.3. The summed E-state index contributed by atoms with van der Waals surface area (Å²) in [4.78, 5) is 0. The highest BCUT2D eigenvalue weighted by Crippen LogP contribution is 2.14. The molecular formula is C14H15NO2S. The predicted octanol–water partition coefficient (Wildman–Crippen LogP) is 2.38. The summed E-state index contributed by atoms with van der Waals surface area (Å²) in [5, 5.41) is 0. The Morgan fingerprint density at radius 2 is 1.44 bits per heavy atom. The summed E-state index contributed by atoms with van der Waals surface area (Å²) in [7, 11) is -3.16. The first kappa shape index (κ1) is 12.6. The highest BCUT2D eigenvalue weighted by atomic mass is 32.2. The lowest BCUT2D eigenvalue weighted by atomic mass is 10.2. The van der Waals surface area contributed by atoms with E-state index < -0.39 is 9.84 Å². The molecule has 0 amide bonds. The Morgan fingerprint density at radius 1 is 0.833 bits per heavy atom. The second-order valence-corrected chi connectivity index (χ2v) is 6.33. The van der Waals surface area contributed by atoms with Crippen molar-refractivity contribution in [2.75, 3.05) is 5.73 Å². The maximum atomic E-state index is 12.0. The van der Waals surface area contributed by atoms with Gasteiger partial charge in [0.15, 0.2) is 9.84 Å². The van der Waals surface area contributed by atoms with E-state index in [1.54, 1.807) is 24.3 Å². The van der Waals surface area contributed by atoms with E-state index in [9.17, 15) is 8.42 Å². The number of nitrogen functional groups attached to an aromatic ring is 1. The molecule has 0 atom stereocenters. The number of anilines is 1. The summed E-state index contributed by atoms with van der Waals surface area (Å²) < 4.78 is 24.1. The predicted molar refractivity (Wildman–Crippen MR) is 73.6 cm³/mol. The Labute approximate surface area is 107 Å². The van der Waals surface area contributed by atoms with Gasteiger partial charge in [-0.25, -0.2) is 8.42 Å². The summed E-state index contributed by atoms with van der Waals surface area (Å²) in [5.41, 5.74) is 7.76. The van der Waals surface area contributed by atoms with Crippen molar-refractivity contribution in [3.63, 3.8) is 0 Å². The molecular weight excluding hydrogens is 246 g/mol. The van der Waals surface area contributed by atoms with E-state index in [-0.39, 0.29) is 11.5 Å². The van der Waals surface area contributed by atoms with Crippen molar-refractivity contribution >= 4 is 15.5 Å². The van der Waals surface area contributed by atoms with Crippen LogP contribution in [0.15, 0.2) is 54.6 Å². The molecule has 4 heteroatoms. The van der Waals surface area contributed by atoms with E-state index in [0.29, 0.717) is 5.69 Å². The highest BCUT2D eigenvalue weighted by Gasteiger charge is 2.12. The Morgan fingerprint density at radius 3 is 2.11 bits per heavy atom.